The number of carbonyl (C=O) groups excluding carboxylic acids is 2. The largest absolute Gasteiger partial charge is 0.480 e. The predicted octanol–water partition coefficient (Wildman–Crippen LogP) is 3.96. The molecule has 2 aromatic carbocycles. The normalized spacial score (nSPS) is 12.7. The van der Waals surface area contributed by atoms with E-state index in [1.165, 1.54) is 6.92 Å². The van der Waals surface area contributed by atoms with Crippen LogP contribution >= 0.6 is 11.6 Å². The van der Waals surface area contributed by atoms with Crippen molar-refractivity contribution in [3.63, 3.8) is 0 Å². The third-order valence-electron chi connectivity index (χ3n) is 4.15. The number of benzene rings is 2. The summed E-state index contributed by atoms with van der Waals surface area (Å²) < 4.78 is 10.4. The molecule has 1 N–H and O–H groups in total. The number of esters is 1. The van der Waals surface area contributed by atoms with Crippen LogP contribution < -0.4 is 10.1 Å². The molecule has 0 saturated heterocycles. The van der Waals surface area contributed by atoms with Crippen LogP contribution in [-0.2, 0) is 14.3 Å². The van der Waals surface area contributed by atoms with Crippen LogP contribution in [0.25, 0.3) is 0 Å². The zero-order chi connectivity index (χ0) is 19.6. The van der Waals surface area contributed by atoms with Crippen molar-refractivity contribution in [3.05, 3.63) is 65.2 Å². The minimum atomic E-state index is -0.902. The molecular formula is C21H24ClNO4. The SMILES string of the molecule is CC[C@H](CNC(=O)[C@@H](C)OC(=O)COc1ccccc1Cl)c1ccccc1. The summed E-state index contributed by atoms with van der Waals surface area (Å²) in [4.78, 5) is 24.1. The van der Waals surface area contributed by atoms with E-state index in [1.807, 2.05) is 30.3 Å². The number of rotatable bonds is 9. The van der Waals surface area contributed by atoms with Gasteiger partial charge in [0.15, 0.2) is 12.7 Å². The minimum Gasteiger partial charge on any atom is -0.480 e. The summed E-state index contributed by atoms with van der Waals surface area (Å²) in [5.74, 6) is -0.369. The van der Waals surface area contributed by atoms with Gasteiger partial charge in [-0.25, -0.2) is 4.79 Å². The van der Waals surface area contributed by atoms with Crippen LogP contribution in [0, 0.1) is 0 Å². The molecule has 0 aliphatic heterocycles. The highest BCUT2D eigenvalue weighted by atomic mass is 35.5. The fraction of sp³-hybridized carbons (Fsp3) is 0.333. The summed E-state index contributed by atoms with van der Waals surface area (Å²) in [6.07, 6.45) is -0.00921. The van der Waals surface area contributed by atoms with Crippen molar-refractivity contribution in [1.82, 2.24) is 5.32 Å². The first-order chi connectivity index (χ1) is 13.0. The second kappa shape index (κ2) is 10.6. The number of para-hydroxylation sites is 1. The van der Waals surface area contributed by atoms with Gasteiger partial charge in [0.05, 0.1) is 5.02 Å². The standard InChI is InChI=1S/C21H24ClNO4/c1-3-16(17-9-5-4-6-10-17)13-23-21(25)15(2)27-20(24)14-26-19-12-8-7-11-18(19)22/h4-12,15-16H,3,13-14H2,1-2H3,(H,23,25)/t15-,16-/m1/s1. The zero-order valence-corrected chi connectivity index (χ0v) is 16.2. The molecule has 0 bridgehead atoms. The van der Waals surface area contributed by atoms with E-state index in [0.717, 1.165) is 12.0 Å². The number of ether oxygens (including phenoxy) is 2. The van der Waals surface area contributed by atoms with Crippen molar-refractivity contribution in [1.29, 1.82) is 0 Å². The molecule has 27 heavy (non-hydrogen) atoms. The molecule has 0 aliphatic carbocycles. The summed E-state index contributed by atoms with van der Waals surface area (Å²) >= 11 is 5.96. The third kappa shape index (κ3) is 6.61. The molecule has 0 spiro atoms. The second-order valence-corrected chi connectivity index (χ2v) is 6.52. The Kier molecular flexibility index (Phi) is 8.14. The van der Waals surface area contributed by atoms with E-state index in [1.54, 1.807) is 24.3 Å². The van der Waals surface area contributed by atoms with Crippen molar-refractivity contribution in [2.24, 2.45) is 0 Å². The summed E-state index contributed by atoms with van der Waals surface area (Å²) in [6.45, 7) is 3.77. The maximum absolute atomic E-state index is 12.2. The van der Waals surface area contributed by atoms with E-state index in [2.05, 4.69) is 12.2 Å². The van der Waals surface area contributed by atoms with Gasteiger partial charge in [-0.2, -0.15) is 0 Å². The maximum atomic E-state index is 12.2. The fourth-order valence-corrected chi connectivity index (χ4v) is 2.76. The second-order valence-electron chi connectivity index (χ2n) is 6.11. The Morgan fingerprint density at radius 1 is 1.07 bits per heavy atom. The predicted molar refractivity (Wildman–Crippen MR) is 105 cm³/mol. The van der Waals surface area contributed by atoms with Crippen molar-refractivity contribution < 1.29 is 19.1 Å². The van der Waals surface area contributed by atoms with Crippen LogP contribution in [0.3, 0.4) is 0 Å². The number of hydrogen-bond donors (Lipinski definition) is 1. The Morgan fingerprint density at radius 2 is 1.74 bits per heavy atom. The molecule has 2 rings (SSSR count). The third-order valence-corrected chi connectivity index (χ3v) is 4.46. The fourth-order valence-electron chi connectivity index (χ4n) is 2.57. The quantitative estimate of drug-likeness (QED) is 0.659. The summed E-state index contributed by atoms with van der Waals surface area (Å²) in [7, 11) is 0. The number of amides is 1. The summed E-state index contributed by atoms with van der Waals surface area (Å²) in [5, 5.41) is 3.25. The lowest BCUT2D eigenvalue weighted by Gasteiger charge is -2.18. The van der Waals surface area contributed by atoms with Crippen molar-refractivity contribution in [2.75, 3.05) is 13.2 Å². The van der Waals surface area contributed by atoms with Crippen LogP contribution in [0.4, 0.5) is 0 Å². The van der Waals surface area contributed by atoms with E-state index in [0.29, 0.717) is 17.3 Å². The number of hydrogen-bond acceptors (Lipinski definition) is 4. The highest BCUT2D eigenvalue weighted by molar-refractivity contribution is 6.32. The van der Waals surface area contributed by atoms with Crippen molar-refractivity contribution >= 4 is 23.5 Å². The van der Waals surface area contributed by atoms with Crippen LogP contribution in [0.5, 0.6) is 5.75 Å². The van der Waals surface area contributed by atoms with Crippen molar-refractivity contribution in [2.45, 2.75) is 32.3 Å². The average molecular weight is 390 g/mol. The number of nitrogens with one attached hydrogen (secondary N) is 1. The minimum absolute atomic E-state index is 0.210. The molecular weight excluding hydrogens is 366 g/mol. The molecule has 5 nitrogen and oxygen atoms in total. The van der Waals surface area contributed by atoms with Gasteiger partial charge in [0.1, 0.15) is 5.75 Å². The Balaban J connectivity index is 1.77. The average Bonchev–Trinajstić information content (AvgIpc) is 2.68. The summed E-state index contributed by atoms with van der Waals surface area (Å²) in [6, 6.07) is 16.8. The van der Waals surface area contributed by atoms with E-state index in [9.17, 15) is 9.59 Å². The van der Waals surface area contributed by atoms with Gasteiger partial charge in [-0.05, 0) is 31.0 Å². The highest BCUT2D eigenvalue weighted by Gasteiger charge is 2.19. The van der Waals surface area contributed by atoms with Gasteiger partial charge in [-0.1, -0.05) is 61.0 Å². The van der Waals surface area contributed by atoms with Gasteiger partial charge in [-0.3, -0.25) is 4.79 Å². The Morgan fingerprint density at radius 3 is 2.41 bits per heavy atom. The van der Waals surface area contributed by atoms with E-state index in [4.69, 9.17) is 21.1 Å². The smallest absolute Gasteiger partial charge is 0.344 e. The zero-order valence-electron chi connectivity index (χ0n) is 15.5. The number of halogens is 1. The highest BCUT2D eigenvalue weighted by Crippen LogP contribution is 2.23. The molecule has 0 saturated carbocycles. The van der Waals surface area contributed by atoms with Crippen LogP contribution in [0.1, 0.15) is 31.7 Å². The molecule has 0 aromatic heterocycles. The van der Waals surface area contributed by atoms with Crippen LogP contribution in [0.2, 0.25) is 5.02 Å². The van der Waals surface area contributed by atoms with Gasteiger partial charge >= 0.3 is 5.97 Å². The molecule has 2 aromatic rings. The monoisotopic (exact) mass is 389 g/mol. The molecule has 6 heteroatoms. The first kappa shape index (κ1) is 20.8. The lowest BCUT2D eigenvalue weighted by Crippen LogP contribution is -2.38. The molecule has 0 fully saturated rings. The maximum Gasteiger partial charge on any atom is 0.344 e. The van der Waals surface area contributed by atoms with Gasteiger partial charge < -0.3 is 14.8 Å². The first-order valence-corrected chi connectivity index (χ1v) is 9.28. The van der Waals surface area contributed by atoms with Crippen LogP contribution in [-0.4, -0.2) is 31.1 Å². The van der Waals surface area contributed by atoms with Gasteiger partial charge in [-0.15, -0.1) is 0 Å². The first-order valence-electron chi connectivity index (χ1n) is 8.90. The summed E-state index contributed by atoms with van der Waals surface area (Å²) in [5.41, 5.74) is 1.16. The van der Waals surface area contributed by atoms with E-state index < -0.39 is 12.1 Å². The van der Waals surface area contributed by atoms with Gasteiger partial charge in [0, 0.05) is 12.5 Å². The van der Waals surface area contributed by atoms with E-state index in [-0.39, 0.29) is 18.4 Å². The van der Waals surface area contributed by atoms with Crippen molar-refractivity contribution in [3.8, 4) is 5.75 Å². The van der Waals surface area contributed by atoms with E-state index >= 15 is 0 Å². The molecule has 0 heterocycles. The molecule has 2 atom stereocenters. The molecule has 0 radical (unpaired) electrons. The van der Waals surface area contributed by atoms with Gasteiger partial charge in [0.2, 0.25) is 0 Å². The Bertz CT molecular complexity index is 751. The van der Waals surface area contributed by atoms with Gasteiger partial charge in [0.25, 0.3) is 5.91 Å². The number of carbonyl (C=O) groups is 2. The Labute approximate surface area is 164 Å². The molecule has 144 valence electrons. The molecule has 1 amide bonds. The molecule has 0 unspecified atom stereocenters. The molecule has 0 aliphatic rings. The Hall–Kier alpha value is -2.53. The lowest BCUT2D eigenvalue weighted by atomic mass is 9.96. The van der Waals surface area contributed by atoms with Crippen LogP contribution in [0.15, 0.2) is 54.6 Å². The lowest BCUT2D eigenvalue weighted by molar-refractivity contribution is -0.156. The topological polar surface area (TPSA) is 64.6 Å².